The summed E-state index contributed by atoms with van der Waals surface area (Å²) < 4.78 is 9.17. The molecule has 0 saturated heterocycles. The predicted octanol–water partition coefficient (Wildman–Crippen LogP) is 3.39. The normalized spacial score (nSPS) is 11.2. The zero-order valence-electron chi connectivity index (χ0n) is 19.0. The number of hydrogen-bond donors (Lipinski definition) is 0. The van der Waals surface area contributed by atoms with Crippen molar-refractivity contribution in [2.24, 2.45) is 19.1 Å². The Morgan fingerprint density at radius 2 is 1.30 bits per heavy atom. The van der Waals surface area contributed by atoms with Gasteiger partial charge in [-0.05, 0) is 0 Å². The number of nitrogens with zero attached hydrogens (tertiary/aromatic N) is 5. The van der Waals surface area contributed by atoms with Gasteiger partial charge >= 0.3 is 5.97 Å². The molecule has 0 bridgehead atoms. The lowest BCUT2D eigenvalue weighted by atomic mass is 9.87. The van der Waals surface area contributed by atoms with Crippen LogP contribution in [-0.4, -0.2) is 43.4 Å². The lowest BCUT2D eigenvalue weighted by Crippen LogP contribution is -2.44. The molecule has 7 heteroatoms. The van der Waals surface area contributed by atoms with Crippen LogP contribution in [0.25, 0.3) is 0 Å². The molecule has 0 amide bonds. The maximum absolute atomic E-state index is 13.5. The van der Waals surface area contributed by atoms with Gasteiger partial charge in [0.1, 0.15) is 0 Å². The van der Waals surface area contributed by atoms with Crippen molar-refractivity contribution in [3.63, 3.8) is 0 Å². The molecule has 7 nitrogen and oxygen atoms in total. The average Bonchev–Trinajstić information content (AvgIpc) is 3.45. The van der Waals surface area contributed by atoms with Gasteiger partial charge in [-0.25, -0.2) is 14.8 Å². The lowest BCUT2D eigenvalue weighted by Gasteiger charge is -2.29. The first-order valence-electron chi connectivity index (χ1n) is 10.7. The van der Waals surface area contributed by atoms with E-state index in [1.165, 1.54) is 7.11 Å². The van der Waals surface area contributed by atoms with E-state index in [1.54, 1.807) is 25.0 Å². The molecule has 0 saturated carbocycles. The van der Waals surface area contributed by atoms with Crippen LogP contribution in [0.5, 0.6) is 0 Å². The molecule has 4 aromatic rings. The van der Waals surface area contributed by atoms with Crippen LogP contribution in [0.3, 0.4) is 0 Å². The van der Waals surface area contributed by atoms with Crippen molar-refractivity contribution in [2.75, 3.05) is 7.11 Å². The summed E-state index contributed by atoms with van der Waals surface area (Å²) in [4.78, 5) is 27.2. The van der Waals surface area contributed by atoms with Crippen LogP contribution in [0, 0.1) is 0 Å². The number of hydrogen-bond acceptors (Lipinski definition) is 5. The number of ether oxygens (including phenoxy) is 1. The topological polar surface area (TPSA) is 74.3 Å². The number of carbonyl (C=O) groups is 1. The fourth-order valence-corrected chi connectivity index (χ4v) is 3.93. The first-order chi connectivity index (χ1) is 16.0. The number of aromatic nitrogens is 4. The molecular weight excluding hydrogens is 414 g/mol. The molecule has 0 aliphatic carbocycles. The van der Waals surface area contributed by atoms with Gasteiger partial charge in [0, 0.05) is 61.8 Å². The summed E-state index contributed by atoms with van der Waals surface area (Å²) in [6.07, 6.45) is 7.62. The quantitative estimate of drug-likeness (QED) is 0.310. The number of rotatable bonds is 8. The Kier molecular flexibility index (Phi) is 6.49. The second-order valence-corrected chi connectivity index (χ2v) is 8.06. The minimum Gasteiger partial charge on any atom is -0.467 e. The number of imidazole rings is 2. The molecule has 2 aromatic heterocycles. The maximum atomic E-state index is 13.5. The SMILES string of the molecule is COC(=O)C(Cc1cncn1C)(Cc1cncn1C)N=C(c1ccccc1)c1ccccc1. The van der Waals surface area contributed by atoms with Gasteiger partial charge in [0.2, 0.25) is 0 Å². The van der Waals surface area contributed by atoms with E-state index in [0.717, 1.165) is 28.2 Å². The standard InChI is InChI=1S/C26H27N5O2/c1-30-18-27-16-22(30)14-26(25(32)33-3,15-23-17-28-19-31(23)2)29-24(20-10-6-4-7-11-20)21-12-8-5-9-13-21/h4-13,16-19H,14-15H2,1-3H3. The lowest BCUT2D eigenvalue weighted by molar-refractivity contribution is -0.147. The van der Waals surface area contributed by atoms with Crippen LogP contribution in [0.15, 0.2) is 90.7 Å². The fraction of sp³-hybridized carbons (Fsp3) is 0.231. The Balaban J connectivity index is 1.96. The minimum absolute atomic E-state index is 0.324. The zero-order chi connectivity index (χ0) is 23.3. The maximum Gasteiger partial charge on any atom is 0.334 e. The second-order valence-electron chi connectivity index (χ2n) is 8.06. The molecule has 0 unspecified atom stereocenters. The van der Waals surface area contributed by atoms with Crippen LogP contribution in [0.2, 0.25) is 0 Å². The summed E-state index contributed by atoms with van der Waals surface area (Å²) in [7, 11) is 5.23. The summed E-state index contributed by atoms with van der Waals surface area (Å²) in [5.41, 5.74) is 3.11. The third-order valence-electron chi connectivity index (χ3n) is 5.77. The highest BCUT2D eigenvalue weighted by Crippen LogP contribution is 2.28. The van der Waals surface area contributed by atoms with E-state index < -0.39 is 11.5 Å². The van der Waals surface area contributed by atoms with Crippen LogP contribution in [-0.2, 0) is 36.5 Å². The van der Waals surface area contributed by atoms with Crippen LogP contribution >= 0.6 is 0 Å². The largest absolute Gasteiger partial charge is 0.467 e. The summed E-state index contributed by atoms with van der Waals surface area (Å²) in [5.74, 6) is -0.408. The van der Waals surface area contributed by atoms with E-state index in [1.807, 2.05) is 83.9 Å². The van der Waals surface area contributed by atoms with E-state index in [4.69, 9.17) is 9.73 Å². The summed E-state index contributed by atoms with van der Waals surface area (Å²) in [5, 5.41) is 0. The van der Waals surface area contributed by atoms with E-state index >= 15 is 0 Å². The van der Waals surface area contributed by atoms with Crippen molar-refractivity contribution in [2.45, 2.75) is 18.4 Å². The molecule has 0 aliphatic rings. The highest BCUT2D eigenvalue weighted by Gasteiger charge is 2.42. The Labute approximate surface area is 193 Å². The van der Waals surface area contributed by atoms with Crippen LogP contribution in [0.1, 0.15) is 22.5 Å². The van der Waals surface area contributed by atoms with Gasteiger partial charge < -0.3 is 13.9 Å². The van der Waals surface area contributed by atoms with Crippen molar-refractivity contribution in [3.8, 4) is 0 Å². The number of carbonyl (C=O) groups excluding carboxylic acids is 1. The molecule has 168 valence electrons. The molecule has 4 rings (SSSR count). The van der Waals surface area contributed by atoms with E-state index in [9.17, 15) is 4.79 Å². The van der Waals surface area contributed by atoms with Gasteiger partial charge in [-0.1, -0.05) is 60.7 Å². The van der Waals surface area contributed by atoms with Gasteiger partial charge in [0.05, 0.1) is 25.5 Å². The zero-order valence-corrected chi connectivity index (χ0v) is 19.0. The molecule has 0 aliphatic heterocycles. The number of aryl methyl sites for hydroxylation is 2. The third kappa shape index (κ3) is 4.77. The monoisotopic (exact) mass is 441 g/mol. The van der Waals surface area contributed by atoms with Crippen molar-refractivity contribution in [1.82, 2.24) is 19.1 Å². The predicted molar refractivity (Wildman–Crippen MR) is 127 cm³/mol. The Morgan fingerprint density at radius 1 is 0.848 bits per heavy atom. The molecule has 0 N–H and O–H groups in total. The molecule has 0 atom stereocenters. The first-order valence-corrected chi connectivity index (χ1v) is 10.7. The van der Waals surface area contributed by atoms with Gasteiger partial charge in [0.25, 0.3) is 0 Å². The Bertz CT molecular complexity index is 1160. The first kappa shape index (κ1) is 22.2. The molecule has 33 heavy (non-hydrogen) atoms. The highest BCUT2D eigenvalue weighted by molar-refractivity contribution is 6.13. The number of benzene rings is 2. The van der Waals surface area contributed by atoms with Gasteiger partial charge in [0.15, 0.2) is 5.54 Å². The van der Waals surface area contributed by atoms with Gasteiger partial charge in [-0.2, -0.15) is 0 Å². The minimum atomic E-state index is -1.22. The van der Waals surface area contributed by atoms with Gasteiger partial charge in [-0.15, -0.1) is 0 Å². The molecule has 0 radical (unpaired) electrons. The molecular formula is C26H27N5O2. The fourth-order valence-electron chi connectivity index (χ4n) is 3.93. The van der Waals surface area contributed by atoms with E-state index in [-0.39, 0.29) is 0 Å². The smallest absolute Gasteiger partial charge is 0.334 e. The Morgan fingerprint density at radius 3 is 1.67 bits per heavy atom. The third-order valence-corrected chi connectivity index (χ3v) is 5.77. The van der Waals surface area contributed by atoms with Crippen molar-refractivity contribution in [1.29, 1.82) is 0 Å². The van der Waals surface area contributed by atoms with Crippen molar-refractivity contribution >= 4 is 11.7 Å². The van der Waals surface area contributed by atoms with Crippen molar-refractivity contribution < 1.29 is 9.53 Å². The summed E-state index contributed by atoms with van der Waals surface area (Å²) in [6.45, 7) is 0. The van der Waals surface area contributed by atoms with E-state index in [2.05, 4.69) is 9.97 Å². The molecule has 0 fully saturated rings. The molecule has 2 heterocycles. The van der Waals surface area contributed by atoms with Crippen molar-refractivity contribution in [3.05, 3.63) is 108 Å². The van der Waals surface area contributed by atoms with Crippen LogP contribution in [0.4, 0.5) is 0 Å². The summed E-state index contributed by atoms with van der Waals surface area (Å²) in [6, 6.07) is 19.8. The second kappa shape index (κ2) is 9.65. The summed E-state index contributed by atoms with van der Waals surface area (Å²) >= 11 is 0. The Hall–Kier alpha value is -4.00. The van der Waals surface area contributed by atoms with E-state index in [0.29, 0.717) is 12.8 Å². The molecule has 0 spiro atoms. The molecule has 2 aromatic carbocycles. The average molecular weight is 442 g/mol. The number of methoxy groups -OCH3 is 1. The number of esters is 1. The highest BCUT2D eigenvalue weighted by atomic mass is 16.5. The van der Waals surface area contributed by atoms with Crippen LogP contribution < -0.4 is 0 Å². The number of aliphatic imine (C=N–C) groups is 1. The van der Waals surface area contributed by atoms with Gasteiger partial charge in [-0.3, -0.25) is 4.99 Å².